The van der Waals surface area contributed by atoms with Gasteiger partial charge in [0, 0.05) is 31.0 Å². The molecule has 184 valence electrons. The van der Waals surface area contributed by atoms with Gasteiger partial charge in [-0.3, -0.25) is 9.59 Å². The first-order valence-electron chi connectivity index (χ1n) is 12.6. The predicted octanol–water partition coefficient (Wildman–Crippen LogP) is 4.55. The normalized spacial score (nSPS) is 20.7. The van der Waals surface area contributed by atoms with E-state index in [1.807, 2.05) is 24.3 Å². The van der Waals surface area contributed by atoms with Crippen molar-refractivity contribution in [1.29, 1.82) is 0 Å². The Morgan fingerprint density at radius 2 is 1.60 bits per heavy atom. The van der Waals surface area contributed by atoms with E-state index in [2.05, 4.69) is 29.6 Å². The Labute approximate surface area is 205 Å². The van der Waals surface area contributed by atoms with Crippen LogP contribution in [-0.4, -0.2) is 53.2 Å². The highest BCUT2D eigenvalue weighted by atomic mass is 16.5. The summed E-state index contributed by atoms with van der Waals surface area (Å²) in [5.41, 5.74) is 4.76. The topological polar surface area (TPSA) is 95.9 Å². The number of ether oxygens (including phenoxy) is 1. The van der Waals surface area contributed by atoms with E-state index < -0.39 is 12.1 Å². The van der Waals surface area contributed by atoms with Crippen molar-refractivity contribution in [3.63, 3.8) is 0 Å². The Kier molecular flexibility index (Phi) is 6.75. The van der Waals surface area contributed by atoms with Crippen LogP contribution in [0.5, 0.6) is 0 Å². The summed E-state index contributed by atoms with van der Waals surface area (Å²) in [4.78, 5) is 38.1. The van der Waals surface area contributed by atoms with Crippen molar-refractivity contribution in [3.8, 4) is 11.1 Å². The molecule has 35 heavy (non-hydrogen) atoms. The maximum atomic E-state index is 12.8. The lowest BCUT2D eigenvalue weighted by atomic mass is 9.98. The van der Waals surface area contributed by atoms with Gasteiger partial charge in [-0.15, -0.1) is 0 Å². The van der Waals surface area contributed by atoms with Gasteiger partial charge in [0.1, 0.15) is 6.61 Å². The number of rotatable bonds is 9. The molecule has 5 rings (SSSR count). The molecule has 2 N–H and O–H groups in total. The van der Waals surface area contributed by atoms with Crippen molar-refractivity contribution in [2.24, 2.45) is 5.92 Å². The first-order chi connectivity index (χ1) is 17.0. The molecule has 7 nitrogen and oxygen atoms in total. The van der Waals surface area contributed by atoms with Crippen LogP contribution >= 0.6 is 0 Å². The summed E-state index contributed by atoms with van der Waals surface area (Å²) in [5, 5.41) is 12.0. The largest absolute Gasteiger partial charge is 0.481 e. The molecule has 0 aliphatic heterocycles. The van der Waals surface area contributed by atoms with E-state index in [0.29, 0.717) is 6.42 Å². The Morgan fingerprint density at radius 3 is 2.23 bits per heavy atom. The van der Waals surface area contributed by atoms with Crippen LogP contribution in [0.25, 0.3) is 11.1 Å². The highest BCUT2D eigenvalue weighted by Crippen LogP contribution is 2.44. The summed E-state index contributed by atoms with van der Waals surface area (Å²) in [5.74, 6) is -0.606. The second kappa shape index (κ2) is 10.1. The number of alkyl carbamates (subject to hydrolysis) is 1. The van der Waals surface area contributed by atoms with Gasteiger partial charge in [0.25, 0.3) is 0 Å². The number of carbonyl (C=O) groups excluding carboxylic acids is 2. The van der Waals surface area contributed by atoms with Crippen LogP contribution < -0.4 is 5.32 Å². The first-order valence-corrected chi connectivity index (χ1v) is 12.6. The average molecular weight is 477 g/mol. The molecule has 2 atom stereocenters. The van der Waals surface area contributed by atoms with Crippen LogP contribution in [0.15, 0.2) is 48.5 Å². The maximum Gasteiger partial charge on any atom is 0.407 e. The van der Waals surface area contributed by atoms with E-state index in [-0.39, 0.29) is 49.4 Å². The number of benzene rings is 2. The molecular weight excluding hydrogens is 444 g/mol. The van der Waals surface area contributed by atoms with Crippen LogP contribution in [-0.2, 0) is 14.3 Å². The molecule has 7 heteroatoms. The highest BCUT2D eigenvalue weighted by molar-refractivity contribution is 5.79. The van der Waals surface area contributed by atoms with Gasteiger partial charge in [-0.05, 0) is 60.3 Å². The molecule has 2 aromatic carbocycles. The van der Waals surface area contributed by atoms with Gasteiger partial charge in [0.2, 0.25) is 5.91 Å². The van der Waals surface area contributed by atoms with Gasteiger partial charge in [0.05, 0.1) is 6.42 Å². The second-order valence-electron chi connectivity index (χ2n) is 10.0. The van der Waals surface area contributed by atoms with Gasteiger partial charge in [-0.1, -0.05) is 48.5 Å². The molecular formula is C28H32N2O5. The summed E-state index contributed by atoms with van der Waals surface area (Å²) in [6.45, 7) is 0.571. The molecule has 2 aromatic rings. The molecule has 0 radical (unpaired) electrons. The lowest BCUT2D eigenvalue weighted by Crippen LogP contribution is -2.36. The monoisotopic (exact) mass is 476 g/mol. The smallest absolute Gasteiger partial charge is 0.407 e. The highest BCUT2D eigenvalue weighted by Gasteiger charge is 2.35. The van der Waals surface area contributed by atoms with Gasteiger partial charge in [-0.2, -0.15) is 0 Å². The molecule has 3 aliphatic carbocycles. The van der Waals surface area contributed by atoms with E-state index >= 15 is 0 Å². The fourth-order valence-electron chi connectivity index (χ4n) is 5.68. The third-order valence-electron chi connectivity index (χ3n) is 7.54. The van der Waals surface area contributed by atoms with Crippen LogP contribution in [0.1, 0.15) is 62.0 Å². The van der Waals surface area contributed by atoms with Crippen molar-refractivity contribution >= 4 is 18.0 Å². The van der Waals surface area contributed by atoms with Crippen molar-refractivity contribution in [2.75, 3.05) is 13.2 Å². The van der Waals surface area contributed by atoms with Crippen LogP contribution in [0, 0.1) is 5.92 Å². The summed E-state index contributed by atoms with van der Waals surface area (Å²) < 4.78 is 5.67. The standard InChI is InChI=1S/C28H32N2O5/c31-26(30(20-11-12-20)14-13-27(32)33)16-18-9-10-19(15-18)29-28(34)35-17-25-23-7-3-1-5-21(23)22-6-2-4-8-24(22)25/h1-8,18-20,25H,9-17H2,(H,29,34)(H,32,33)/t18-,19+/m1/s1. The predicted molar refractivity (Wildman–Crippen MR) is 131 cm³/mol. The molecule has 2 amide bonds. The number of amides is 2. The lowest BCUT2D eigenvalue weighted by molar-refractivity contribution is -0.139. The summed E-state index contributed by atoms with van der Waals surface area (Å²) in [6.07, 6.45) is 4.35. The maximum absolute atomic E-state index is 12.8. The van der Waals surface area contributed by atoms with Gasteiger partial charge in [0.15, 0.2) is 0 Å². The molecule has 0 spiro atoms. The molecule has 0 aromatic heterocycles. The zero-order valence-corrected chi connectivity index (χ0v) is 19.8. The third-order valence-corrected chi connectivity index (χ3v) is 7.54. The Morgan fingerprint density at radius 1 is 0.943 bits per heavy atom. The Hall–Kier alpha value is -3.35. The minimum absolute atomic E-state index is 0.00292. The number of nitrogens with one attached hydrogen (secondary N) is 1. The van der Waals surface area contributed by atoms with Crippen molar-refractivity contribution < 1.29 is 24.2 Å². The minimum atomic E-state index is -0.878. The lowest BCUT2D eigenvalue weighted by Gasteiger charge is -2.23. The first kappa shape index (κ1) is 23.4. The third kappa shape index (κ3) is 5.34. The second-order valence-corrected chi connectivity index (χ2v) is 10.0. The van der Waals surface area contributed by atoms with Crippen molar-refractivity contribution in [2.45, 2.75) is 62.9 Å². The molecule has 0 bridgehead atoms. The molecule has 0 heterocycles. The number of fused-ring (bicyclic) bond motifs is 3. The van der Waals surface area contributed by atoms with Crippen LogP contribution in [0.2, 0.25) is 0 Å². The molecule has 0 unspecified atom stereocenters. The number of carbonyl (C=O) groups is 3. The van der Waals surface area contributed by atoms with Crippen molar-refractivity contribution in [3.05, 3.63) is 59.7 Å². The zero-order valence-electron chi connectivity index (χ0n) is 19.8. The van der Waals surface area contributed by atoms with Crippen LogP contribution in [0.4, 0.5) is 4.79 Å². The van der Waals surface area contributed by atoms with E-state index in [4.69, 9.17) is 9.84 Å². The molecule has 2 saturated carbocycles. The number of nitrogens with zero attached hydrogens (tertiary/aromatic N) is 1. The fourth-order valence-corrected chi connectivity index (χ4v) is 5.68. The van der Waals surface area contributed by atoms with Crippen molar-refractivity contribution in [1.82, 2.24) is 10.2 Å². The molecule has 2 fully saturated rings. The van der Waals surface area contributed by atoms with E-state index in [1.165, 1.54) is 22.3 Å². The number of aliphatic carboxylic acids is 1. The van der Waals surface area contributed by atoms with E-state index in [0.717, 1.165) is 32.1 Å². The zero-order chi connectivity index (χ0) is 24.4. The van der Waals surface area contributed by atoms with Gasteiger partial charge < -0.3 is 20.1 Å². The summed E-state index contributed by atoms with van der Waals surface area (Å²) >= 11 is 0. The minimum Gasteiger partial charge on any atom is -0.481 e. The Balaban J connectivity index is 1.10. The average Bonchev–Trinajstić information content (AvgIpc) is 3.50. The summed E-state index contributed by atoms with van der Waals surface area (Å²) in [7, 11) is 0. The number of hydrogen-bond donors (Lipinski definition) is 2. The Bertz CT molecular complexity index is 1070. The van der Waals surface area contributed by atoms with Gasteiger partial charge >= 0.3 is 12.1 Å². The molecule has 0 saturated heterocycles. The number of hydrogen-bond acceptors (Lipinski definition) is 4. The quantitative estimate of drug-likeness (QED) is 0.554. The van der Waals surface area contributed by atoms with E-state index in [9.17, 15) is 14.4 Å². The fraction of sp³-hybridized carbons (Fsp3) is 0.464. The van der Waals surface area contributed by atoms with Crippen LogP contribution in [0.3, 0.4) is 0 Å². The van der Waals surface area contributed by atoms with E-state index in [1.54, 1.807) is 4.90 Å². The van der Waals surface area contributed by atoms with Gasteiger partial charge in [-0.25, -0.2) is 4.79 Å². The summed E-state index contributed by atoms with van der Waals surface area (Å²) in [6, 6.07) is 16.7. The number of carboxylic acids is 1. The SMILES string of the molecule is O=C(O)CCN(C(=O)C[C@@H]1CC[C@H](NC(=O)OCC2c3ccccc3-c3ccccc32)C1)C1CC1. The molecule has 3 aliphatic rings. The number of carboxylic acid groups (broad SMARTS) is 1.